The molecule has 0 aromatic heterocycles. The molecule has 30 heavy (non-hydrogen) atoms. The van der Waals surface area contributed by atoms with E-state index in [-0.39, 0.29) is 5.56 Å². The van der Waals surface area contributed by atoms with Crippen LogP contribution in [-0.4, -0.2) is 5.11 Å². The third-order valence-corrected chi connectivity index (χ3v) is 4.47. The monoisotopic (exact) mass is 430 g/mol. The molecule has 3 aromatic carbocycles. The summed E-state index contributed by atoms with van der Waals surface area (Å²) in [7, 11) is 0. The van der Waals surface area contributed by atoms with Crippen molar-refractivity contribution in [2.75, 3.05) is 0 Å². The lowest BCUT2D eigenvalue weighted by molar-refractivity contribution is 0.245. The predicted molar refractivity (Wildman–Crippen MR) is 93.4 cm³/mol. The zero-order valence-electron chi connectivity index (χ0n) is 15.3. The van der Waals surface area contributed by atoms with Crippen LogP contribution in [0.4, 0.5) is 30.7 Å². The molecule has 3 rings (SSSR count). The van der Waals surface area contributed by atoms with Gasteiger partial charge < -0.3 is 9.84 Å². The molecule has 2 nitrogen and oxygen atoms in total. The van der Waals surface area contributed by atoms with Gasteiger partial charge in [-0.2, -0.15) is 8.78 Å². The molecule has 0 radical (unpaired) electrons. The van der Waals surface area contributed by atoms with Crippen LogP contribution in [0.5, 0.6) is 11.5 Å². The van der Waals surface area contributed by atoms with Crippen LogP contribution in [0.3, 0.4) is 0 Å². The van der Waals surface area contributed by atoms with Gasteiger partial charge in [0.2, 0.25) is 29.1 Å². The Morgan fingerprint density at radius 3 is 1.83 bits per heavy atom. The highest BCUT2D eigenvalue weighted by Crippen LogP contribution is 2.36. The number of halogens is 7. The van der Waals surface area contributed by atoms with E-state index in [1.165, 1.54) is 12.1 Å². The molecule has 0 saturated heterocycles. The number of phenols is 1. The molecule has 0 heterocycles. The van der Waals surface area contributed by atoms with Gasteiger partial charge >= 0.3 is 0 Å². The van der Waals surface area contributed by atoms with Gasteiger partial charge in [0.15, 0.2) is 5.75 Å². The predicted octanol–water partition coefficient (Wildman–Crippen LogP) is 6.17. The van der Waals surface area contributed by atoms with E-state index in [9.17, 15) is 35.8 Å². The molecule has 0 aliphatic carbocycles. The molecular weight excluding hydrogens is 417 g/mol. The Balaban J connectivity index is 2.02. The molecule has 0 aliphatic rings. The Bertz CT molecular complexity index is 1080. The fourth-order valence-corrected chi connectivity index (χ4v) is 2.82. The highest BCUT2D eigenvalue weighted by atomic mass is 19.2. The average Bonchev–Trinajstić information content (AvgIpc) is 2.73. The summed E-state index contributed by atoms with van der Waals surface area (Å²) in [6.45, 7) is 0.691. The number of phenolic OH excluding ortho intramolecular Hbond substituents is 1. The van der Waals surface area contributed by atoms with Crippen molar-refractivity contribution < 1.29 is 40.6 Å². The third kappa shape index (κ3) is 3.67. The lowest BCUT2D eigenvalue weighted by atomic mass is 9.99. The first-order valence-corrected chi connectivity index (χ1v) is 8.60. The summed E-state index contributed by atoms with van der Waals surface area (Å²) in [6.07, 6.45) is 0.694. The van der Waals surface area contributed by atoms with E-state index < -0.39 is 70.0 Å². The molecule has 0 amide bonds. The molecule has 0 bridgehead atoms. The highest BCUT2D eigenvalue weighted by molar-refractivity contribution is 5.72. The average molecular weight is 430 g/mol. The molecule has 1 N–H and O–H groups in total. The number of hydrogen-bond acceptors (Lipinski definition) is 2. The first-order valence-electron chi connectivity index (χ1n) is 8.60. The van der Waals surface area contributed by atoms with Gasteiger partial charge in [-0.05, 0) is 17.5 Å². The van der Waals surface area contributed by atoms with Crippen molar-refractivity contribution >= 4 is 0 Å². The van der Waals surface area contributed by atoms with E-state index in [1.54, 1.807) is 12.1 Å². The van der Waals surface area contributed by atoms with Crippen LogP contribution in [0, 0.1) is 40.7 Å². The van der Waals surface area contributed by atoms with Crippen LogP contribution in [0.25, 0.3) is 11.1 Å². The Morgan fingerprint density at radius 1 is 0.767 bits per heavy atom. The van der Waals surface area contributed by atoms with Gasteiger partial charge in [-0.25, -0.2) is 22.0 Å². The van der Waals surface area contributed by atoms with Crippen molar-refractivity contribution in [3.05, 3.63) is 82.2 Å². The van der Waals surface area contributed by atoms with Crippen LogP contribution in [0.15, 0.2) is 30.3 Å². The van der Waals surface area contributed by atoms with E-state index in [0.717, 1.165) is 5.56 Å². The zero-order chi connectivity index (χ0) is 22.2. The Morgan fingerprint density at radius 2 is 1.30 bits per heavy atom. The zero-order valence-corrected chi connectivity index (χ0v) is 15.3. The summed E-state index contributed by atoms with van der Waals surface area (Å²) >= 11 is 0. The smallest absolute Gasteiger partial charge is 0.207 e. The Labute approximate surface area is 166 Å². The fraction of sp³-hybridized carbons (Fsp3) is 0.143. The number of aromatic hydroxyl groups is 1. The van der Waals surface area contributed by atoms with Gasteiger partial charge in [0.1, 0.15) is 24.0 Å². The molecule has 158 valence electrons. The van der Waals surface area contributed by atoms with Crippen molar-refractivity contribution in [1.82, 2.24) is 0 Å². The molecule has 0 aliphatic heterocycles. The Kier molecular flexibility index (Phi) is 5.91. The molecule has 0 fully saturated rings. The molecule has 3 aromatic rings. The van der Waals surface area contributed by atoms with Crippen LogP contribution >= 0.6 is 0 Å². The van der Waals surface area contributed by atoms with E-state index in [1.807, 2.05) is 6.92 Å². The summed E-state index contributed by atoms with van der Waals surface area (Å²) in [5.74, 6) is -16.5. The first-order chi connectivity index (χ1) is 14.2. The van der Waals surface area contributed by atoms with Gasteiger partial charge in [0, 0.05) is 6.07 Å². The second-order valence-electron chi connectivity index (χ2n) is 6.28. The van der Waals surface area contributed by atoms with Crippen LogP contribution < -0.4 is 4.74 Å². The molecular formula is C21H13F7O2. The fourth-order valence-electron chi connectivity index (χ4n) is 2.82. The van der Waals surface area contributed by atoms with Crippen molar-refractivity contribution in [2.45, 2.75) is 20.0 Å². The molecule has 0 saturated carbocycles. The summed E-state index contributed by atoms with van der Waals surface area (Å²) in [5, 5.41) is 9.97. The van der Waals surface area contributed by atoms with E-state index in [4.69, 9.17) is 0 Å². The number of ether oxygens (including phenoxy) is 1. The van der Waals surface area contributed by atoms with Crippen molar-refractivity contribution in [2.24, 2.45) is 0 Å². The third-order valence-electron chi connectivity index (χ3n) is 4.47. The van der Waals surface area contributed by atoms with Gasteiger partial charge in [-0.1, -0.05) is 31.2 Å². The standard InChI is InChI=1S/C21H13F7O2/c1-2-9-3-5-10(6-4-9)14-13(29)7-12(22)11(15(14)23)8-30-21-19(27)17(25)16(24)18(26)20(21)28/h3-7,29H,2,8H2,1H3. The minimum Gasteiger partial charge on any atom is -0.507 e. The minimum atomic E-state index is -2.39. The number of hydrogen-bond donors (Lipinski definition) is 1. The van der Waals surface area contributed by atoms with Crippen molar-refractivity contribution in [3.8, 4) is 22.6 Å². The second-order valence-corrected chi connectivity index (χ2v) is 6.28. The summed E-state index contributed by atoms with van der Waals surface area (Å²) in [5.41, 5.74) is -0.184. The van der Waals surface area contributed by atoms with Crippen LogP contribution in [0.1, 0.15) is 18.1 Å². The summed E-state index contributed by atoms with van der Waals surface area (Å²) in [6, 6.07) is 6.82. The minimum absolute atomic E-state index is 0.180. The van der Waals surface area contributed by atoms with E-state index in [2.05, 4.69) is 4.74 Å². The number of aryl methyl sites for hydroxylation is 1. The SMILES string of the molecule is CCc1ccc(-c2c(O)cc(F)c(COc3c(F)c(F)c(F)c(F)c3F)c2F)cc1. The highest BCUT2D eigenvalue weighted by Gasteiger charge is 2.28. The topological polar surface area (TPSA) is 29.5 Å². The maximum atomic E-state index is 14.9. The molecule has 0 atom stereocenters. The van der Waals surface area contributed by atoms with Crippen LogP contribution in [-0.2, 0) is 13.0 Å². The maximum Gasteiger partial charge on any atom is 0.207 e. The van der Waals surface area contributed by atoms with Gasteiger partial charge in [0.25, 0.3) is 0 Å². The van der Waals surface area contributed by atoms with Crippen molar-refractivity contribution in [3.63, 3.8) is 0 Å². The van der Waals surface area contributed by atoms with Crippen LogP contribution in [0.2, 0.25) is 0 Å². The largest absolute Gasteiger partial charge is 0.507 e. The van der Waals surface area contributed by atoms with Gasteiger partial charge in [-0.3, -0.25) is 0 Å². The second kappa shape index (κ2) is 8.25. The van der Waals surface area contributed by atoms with E-state index >= 15 is 0 Å². The number of rotatable bonds is 5. The van der Waals surface area contributed by atoms with Gasteiger partial charge in [0.05, 0.1) is 11.1 Å². The lowest BCUT2D eigenvalue weighted by Gasteiger charge is -2.14. The lowest BCUT2D eigenvalue weighted by Crippen LogP contribution is -2.09. The Hall–Kier alpha value is -3.23. The summed E-state index contributed by atoms with van der Waals surface area (Å²) in [4.78, 5) is 0. The molecule has 9 heteroatoms. The normalized spacial score (nSPS) is 11.1. The summed E-state index contributed by atoms with van der Waals surface area (Å²) < 4.78 is 101. The van der Waals surface area contributed by atoms with Crippen molar-refractivity contribution in [1.29, 1.82) is 0 Å². The van der Waals surface area contributed by atoms with E-state index in [0.29, 0.717) is 12.5 Å². The maximum absolute atomic E-state index is 14.9. The molecule has 0 unspecified atom stereocenters. The van der Waals surface area contributed by atoms with Gasteiger partial charge in [-0.15, -0.1) is 0 Å². The number of benzene rings is 3. The first kappa shape index (κ1) is 21.5. The quantitative estimate of drug-likeness (QED) is 0.298. The molecule has 0 spiro atoms.